The Bertz CT molecular complexity index is 1110. The number of amides is 1. The van der Waals surface area contributed by atoms with Gasteiger partial charge in [-0.05, 0) is 41.3 Å². The molecule has 122 valence electrons. The highest BCUT2D eigenvalue weighted by atomic mass is 32.1. The van der Waals surface area contributed by atoms with E-state index in [0.29, 0.717) is 29.2 Å². The average molecular weight is 349 g/mol. The van der Waals surface area contributed by atoms with Crippen molar-refractivity contribution in [2.45, 2.75) is 0 Å². The average Bonchev–Trinajstić information content (AvgIpc) is 3.29. The molecule has 0 atom stereocenters. The molecule has 5 rings (SSSR count). The van der Waals surface area contributed by atoms with Crippen molar-refractivity contribution in [2.75, 3.05) is 11.9 Å². The van der Waals surface area contributed by atoms with Gasteiger partial charge in [-0.15, -0.1) is 11.3 Å². The van der Waals surface area contributed by atoms with Gasteiger partial charge < -0.3 is 10.1 Å². The van der Waals surface area contributed by atoms with Crippen LogP contribution in [0.25, 0.3) is 21.2 Å². The first-order valence-electron chi connectivity index (χ1n) is 7.86. The minimum absolute atomic E-state index is 0.261. The number of rotatable bonds is 1. The van der Waals surface area contributed by atoms with Crippen LogP contribution in [0.2, 0.25) is 0 Å². The quantitative estimate of drug-likeness (QED) is 0.640. The fraction of sp³-hybridized carbons (Fsp3) is 0.0500. The first-order valence-corrected chi connectivity index (χ1v) is 8.74. The Morgan fingerprint density at radius 3 is 2.92 bits per heavy atom. The molecule has 1 amide bonds. The number of allylic oxidation sites excluding steroid dienone is 1. The molecule has 0 spiro atoms. The molecule has 3 nitrogen and oxygen atoms in total. The highest BCUT2D eigenvalue weighted by molar-refractivity contribution is 7.17. The Hall–Kier alpha value is -2.92. The van der Waals surface area contributed by atoms with Crippen LogP contribution in [0.1, 0.15) is 11.1 Å². The topological polar surface area (TPSA) is 38.3 Å². The second kappa shape index (κ2) is 5.29. The van der Waals surface area contributed by atoms with E-state index in [9.17, 15) is 9.18 Å². The van der Waals surface area contributed by atoms with Gasteiger partial charge in [0.1, 0.15) is 18.2 Å². The Labute approximate surface area is 147 Å². The van der Waals surface area contributed by atoms with Gasteiger partial charge in [-0.1, -0.05) is 18.2 Å². The highest BCUT2D eigenvalue weighted by Crippen LogP contribution is 2.40. The van der Waals surface area contributed by atoms with Gasteiger partial charge in [-0.3, -0.25) is 4.79 Å². The van der Waals surface area contributed by atoms with Crippen LogP contribution in [0.15, 0.2) is 59.7 Å². The third-order valence-electron chi connectivity index (χ3n) is 4.49. The van der Waals surface area contributed by atoms with Crippen molar-refractivity contribution in [3.05, 3.63) is 76.6 Å². The lowest BCUT2D eigenvalue weighted by Gasteiger charge is -2.02. The maximum atomic E-state index is 13.4. The normalized spacial score (nSPS) is 18.9. The minimum atomic E-state index is -0.376. The third kappa shape index (κ3) is 2.20. The molecule has 1 aromatic heterocycles. The number of fused-ring (bicyclic) bond motifs is 2. The van der Waals surface area contributed by atoms with Gasteiger partial charge in [0.25, 0.3) is 5.91 Å². The summed E-state index contributed by atoms with van der Waals surface area (Å²) in [4.78, 5) is 12.3. The zero-order valence-corrected chi connectivity index (χ0v) is 13.8. The molecule has 3 heterocycles. The highest BCUT2D eigenvalue weighted by Gasteiger charge is 2.30. The molecule has 0 saturated heterocycles. The zero-order chi connectivity index (χ0) is 17.0. The summed E-state index contributed by atoms with van der Waals surface area (Å²) < 4.78 is 20.4. The van der Waals surface area contributed by atoms with Crippen LogP contribution in [0.4, 0.5) is 10.1 Å². The maximum Gasteiger partial charge on any atom is 0.260 e. The molecule has 2 aliphatic heterocycles. The van der Waals surface area contributed by atoms with Crippen LogP contribution in [-0.4, -0.2) is 12.5 Å². The summed E-state index contributed by atoms with van der Waals surface area (Å²) in [6.07, 6.45) is 1.92. The summed E-state index contributed by atoms with van der Waals surface area (Å²) in [5.74, 6) is -0.102. The fourth-order valence-corrected chi connectivity index (χ4v) is 4.30. The SMILES string of the molecule is O=C1Nc2cc(F)ccc2C1=C1C=C(c2csc3ccccc23)CO1. The minimum Gasteiger partial charge on any atom is -0.488 e. The zero-order valence-electron chi connectivity index (χ0n) is 13.0. The predicted molar refractivity (Wildman–Crippen MR) is 97.7 cm³/mol. The Morgan fingerprint density at radius 1 is 1.12 bits per heavy atom. The van der Waals surface area contributed by atoms with E-state index >= 15 is 0 Å². The summed E-state index contributed by atoms with van der Waals surface area (Å²) >= 11 is 1.69. The van der Waals surface area contributed by atoms with Gasteiger partial charge in [0, 0.05) is 21.2 Å². The van der Waals surface area contributed by atoms with E-state index in [4.69, 9.17) is 4.74 Å². The molecule has 0 fully saturated rings. The number of nitrogens with one attached hydrogen (secondary N) is 1. The number of carbonyl (C=O) groups is 1. The summed E-state index contributed by atoms with van der Waals surface area (Å²) in [7, 11) is 0. The first-order chi connectivity index (χ1) is 12.2. The van der Waals surface area contributed by atoms with Crippen LogP contribution >= 0.6 is 11.3 Å². The number of carbonyl (C=O) groups excluding carboxylic acids is 1. The Morgan fingerprint density at radius 2 is 2.00 bits per heavy atom. The van der Waals surface area contributed by atoms with Crippen molar-refractivity contribution in [1.82, 2.24) is 0 Å². The number of benzene rings is 2. The first kappa shape index (κ1) is 14.4. The molecular formula is C20H12FNO2S. The molecule has 2 aromatic carbocycles. The van der Waals surface area contributed by atoms with Gasteiger partial charge >= 0.3 is 0 Å². The summed E-state index contributed by atoms with van der Waals surface area (Å²) in [6, 6.07) is 12.5. The maximum absolute atomic E-state index is 13.4. The van der Waals surface area contributed by atoms with E-state index in [1.807, 2.05) is 18.2 Å². The molecule has 0 aliphatic carbocycles. The van der Waals surface area contributed by atoms with Gasteiger partial charge in [-0.25, -0.2) is 4.39 Å². The number of anilines is 1. The van der Waals surface area contributed by atoms with E-state index in [-0.39, 0.29) is 11.7 Å². The van der Waals surface area contributed by atoms with Crippen molar-refractivity contribution < 1.29 is 13.9 Å². The standard InChI is InChI=1S/C20H12FNO2S/c21-12-5-6-14-16(8-12)22-20(23)19(14)17-7-11(9-24-17)15-10-25-18-4-2-1-3-13(15)18/h1-8,10H,9H2,(H,22,23). The van der Waals surface area contributed by atoms with E-state index < -0.39 is 0 Å². The van der Waals surface area contributed by atoms with Gasteiger partial charge in [-0.2, -0.15) is 0 Å². The lowest BCUT2D eigenvalue weighted by Crippen LogP contribution is -2.05. The van der Waals surface area contributed by atoms with E-state index in [0.717, 1.165) is 11.1 Å². The smallest absolute Gasteiger partial charge is 0.260 e. The second-order valence-corrected chi connectivity index (χ2v) is 6.90. The van der Waals surface area contributed by atoms with Crippen molar-refractivity contribution in [2.24, 2.45) is 0 Å². The van der Waals surface area contributed by atoms with Crippen molar-refractivity contribution in [3.63, 3.8) is 0 Å². The molecule has 2 aliphatic rings. The molecular weight excluding hydrogens is 337 g/mol. The molecule has 5 heteroatoms. The number of hydrogen-bond donors (Lipinski definition) is 1. The lowest BCUT2D eigenvalue weighted by molar-refractivity contribution is -0.110. The molecule has 0 bridgehead atoms. The number of hydrogen-bond acceptors (Lipinski definition) is 3. The van der Waals surface area contributed by atoms with Crippen molar-refractivity contribution >= 4 is 44.2 Å². The van der Waals surface area contributed by atoms with Crippen LogP contribution < -0.4 is 5.32 Å². The largest absolute Gasteiger partial charge is 0.488 e. The van der Waals surface area contributed by atoms with E-state index in [2.05, 4.69) is 22.8 Å². The summed E-state index contributed by atoms with van der Waals surface area (Å²) in [5.41, 5.74) is 3.80. The second-order valence-electron chi connectivity index (χ2n) is 5.99. The van der Waals surface area contributed by atoms with Crippen LogP contribution in [-0.2, 0) is 9.53 Å². The fourth-order valence-electron chi connectivity index (χ4n) is 3.31. The van der Waals surface area contributed by atoms with Crippen LogP contribution in [0.5, 0.6) is 0 Å². The Balaban J connectivity index is 1.63. The molecule has 0 unspecified atom stereocenters. The molecule has 3 aromatic rings. The van der Waals surface area contributed by atoms with Gasteiger partial charge in [0.2, 0.25) is 0 Å². The van der Waals surface area contributed by atoms with E-state index in [1.165, 1.54) is 22.2 Å². The predicted octanol–water partition coefficient (Wildman–Crippen LogP) is 4.82. The molecule has 25 heavy (non-hydrogen) atoms. The lowest BCUT2D eigenvalue weighted by atomic mass is 10.0. The molecule has 0 saturated carbocycles. The Kier molecular flexibility index (Phi) is 3.05. The van der Waals surface area contributed by atoms with Crippen LogP contribution in [0, 0.1) is 5.82 Å². The van der Waals surface area contributed by atoms with Gasteiger partial charge in [0.05, 0.1) is 11.3 Å². The van der Waals surface area contributed by atoms with E-state index in [1.54, 1.807) is 17.4 Å². The van der Waals surface area contributed by atoms with Crippen molar-refractivity contribution in [1.29, 1.82) is 0 Å². The number of ether oxygens (including phenoxy) is 1. The summed E-state index contributed by atoms with van der Waals surface area (Å²) in [6.45, 7) is 0.420. The monoisotopic (exact) mass is 349 g/mol. The molecule has 0 radical (unpaired) electrons. The van der Waals surface area contributed by atoms with Crippen LogP contribution in [0.3, 0.4) is 0 Å². The number of halogens is 1. The summed E-state index contributed by atoms with van der Waals surface area (Å²) in [5, 5.41) is 6.00. The number of thiophene rings is 1. The third-order valence-corrected chi connectivity index (χ3v) is 5.45. The van der Waals surface area contributed by atoms with Gasteiger partial charge in [0.15, 0.2) is 0 Å². The molecule has 1 N–H and O–H groups in total. The van der Waals surface area contributed by atoms with Crippen molar-refractivity contribution in [3.8, 4) is 0 Å².